The van der Waals surface area contributed by atoms with E-state index in [0.29, 0.717) is 11.6 Å². The first-order chi connectivity index (χ1) is 10.8. The summed E-state index contributed by atoms with van der Waals surface area (Å²) in [6.07, 6.45) is -0.929. The van der Waals surface area contributed by atoms with Gasteiger partial charge in [0.05, 0.1) is 11.1 Å². The number of hydrogen-bond donors (Lipinski definition) is 3. The molecule has 3 rings (SSSR count). The average molecular weight is 341 g/mol. The zero-order chi connectivity index (χ0) is 17.0. The molecule has 1 aromatic carbocycles. The molecule has 1 saturated carbocycles. The van der Waals surface area contributed by atoms with Crippen molar-refractivity contribution >= 4 is 34.7 Å². The van der Waals surface area contributed by atoms with Gasteiger partial charge in [-0.2, -0.15) is 13.2 Å². The molecule has 1 aromatic rings. The predicted molar refractivity (Wildman–Crippen MR) is 92.3 cm³/mol. The van der Waals surface area contributed by atoms with Gasteiger partial charge in [0.25, 0.3) is 0 Å². The molecule has 1 aliphatic heterocycles. The minimum Gasteiger partial charge on any atom is -0.396 e. The van der Waals surface area contributed by atoms with Crippen molar-refractivity contribution in [2.75, 3.05) is 17.2 Å². The van der Waals surface area contributed by atoms with Crippen LogP contribution in [0.1, 0.15) is 18.4 Å². The molecule has 0 bridgehead atoms. The fourth-order valence-corrected chi connectivity index (χ4v) is 2.27. The van der Waals surface area contributed by atoms with Crippen molar-refractivity contribution in [3.05, 3.63) is 42.1 Å². The van der Waals surface area contributed by atoms with E-state index in [0.717, 1.165) is 23.8 Å². The van der Waals surface area contributed by atoms with Gasteiger partial charge in [-0.3, -0.25) is 0 Å². The number of anilines is 2. The number of fused-ring (bicyclic) bond motifs is 1. The molecule has 0 aromatic heterocycles. The summed E-state index contributed by atoms with van der Waals surface area (Å²) in [6, 6.07) is 5.01. The summed E-state index contributed by atoms with van der Waals surface area (Å²) >= 11 is 4.05. The zero-order valence-corrected chi connectivity index (χ0v) is 13.2. The third-order valence-corrected chi connectivity index (χ3v) is 3.52. The zero-order valence-electron chi connectivity index (χ0n) is 12.4. The molecule has 0 amide bonds. The number of alkyl halides is 3. The lowest BCUT2D eigenvalue weighted by Crippen LogP contribution is -2.17. The Balaban J connectivity index is 0.000000595. The maximum Gasteiger partial charge on any atom is 0.417 e. The van der Waals surface area contributed by atoms with Crippen molar-refractivity contribution in [1.82, 2.24) is 0 Å². The second-order valence-corrected chi connectivity index (χ2v) is 5.70. The Morgan fingerprint density at radius 2 is 2.04 bits per heavy atom. The van der Waals surface area contributed by atoms with Crippen LogP contribution in [-0.2, 0) is 0 Å². The largest absolute Gasteiger partial charge is 0.417 e. The van der Waals surface area contributed by atoms with Crippen LogP contribution in [-0.4, -0.2) is 18.2 Å². The summed E-state index contributed by atoms with van der Waals surface area (Å²) < 4.78 is 39.3. The Morgan fingerprint density at radius 3 is 2.61 bits per heavy atom. The molecule has 1 aliphatic carbocycles. The topological polar surface area (TPSA) is 50.1 Å². The lowest BCUT2D eigenvalue weighted by molar-refractivity contribution is -0.0689. The van der Waals surface area contributed by atoms with Crippen molar-refractivity contribution in [2.24, 2.45) is 11.7 Å². The first-order valence-electron chi connectivity index (χ1n) is 7.13. The summed E-state index contributed by atoms with van der Waals surface area (Å²) in [6.45, 7) is 4.39. The molecule has 124 valence electrons. The summed E-state index contributed by atoms with van der Waals surface area (Å²) in [7, 11) is 0. The second-order valence-electron chi connectivity index (χ2n) is 5.43. The van der Waals surface area contributed by atoms with E-state index < -0.39 is 11.7 Å². The normalized spacial score (nSPS) is 16.3. The number of hydrogen-bond acceptors (Lipinski definition) is 3. The quantitative estimate of drug-likeness (QED) is 0.718. The highest BCUT2D eigenvalue weighted by atomic mass is 32.1. The van der Waals surface area contributed by atoms with Gasteiger partial charge >= 0.3 is 6.18 Å². The van der Waals surface area contributed by atoms with Crippen molar-refractivity contribution in [3.63, 3.8) is 0 Å². The fourth-order valence-electron chi connectivity index (χ4n) is 2.27. The second kappa shape index (κ2) is 7.04. The van der Waals surface area contributed by atoms with Gasteiger partial charge in [-0.05, 0) is 43.0 Å². The molecule has 0 atom stereocenters. The van der Waals surface area contributed by atoms with Crippen LogP contribution in [0, 0.1) is 5.92 Å². The predicted octanol–water partition coefficient (Wildman–Crippen LogP) is 4.30. The van der Waals surface area contributed by atoms with Crippen LogP contribution < -0.4 is 16.4 Å². The highest BCUT2D eigenvalue weighted by molar-refractivity contribution is 7.78. The van der Waals surface area contributed by atoms with Crippen molar-refractivity contribution < 1.29 is 13.2 Å². The van der Waals surface area contributed by atoms with Crippen LogP contribution in [0.2, 0.25) is 0 Å². The van der Waals surface area contributed by atoms with Gasteiger partial charge < -0.3 is 16.4 Å². The molecule has 2 aliphatic rings. The molecular weight excluding hydrogens is 323 g/mol. The highest BCUT2D eigenvalue weighted by Crippen LogP contribution is 2.42. The van der Waals surface area contributed by atoms with Gasteiger partial charge in [0, 0.05) is 29.2 Å². The lowest BCUT2D eigenvalue weighted by atomic mass is 9.98. The summed E-state index contributed by atoms with van der Waals surface area (Å²) in [5, 5.41) is 6.06. The maximum atomic E-state index is 13.1. The summed E-state index contributed by atoms with van der Waals surface area (Å²) in [5.41, 5.74) is 6.57. The Bertz CT molecular complexity index is 634. The van der Waals surface area contributed by atoms with E-state index in [9.17, 15) is 13.2 Å². The van der Waals surface area contributed by atoms with Gasteiger partial charge in [0.15, 0.2) is 0 Å². The first kappa shape index (κ1) is 17.3. The molecule has 1 heterocycles. The maximum absolute atomic E-state index is 13.1. The number of rotatable bonds is 3. The van der Waals surface area contributed by atoms with Crippen LogP contribution in [0.3, 0.4) is 0 Å². The number of allylic oxidation sites excluding steroid dienone is 2. The number of halogens is 3. The van der Waals surface area contributed by atoms with Gasteiger partial charge in [-0.15, -0.1) is 0 Å². The first-order valence-corrected chi connectivity index (χ1v) is 7.60. The number of benzene rings is 1. The van der Waals surface area contributed by atoms with E-state index in [1.807, 2.05) is 0 Å². The molecule has 4 N–H and O–H groups in total. The Hall–Kier alpha value is -2.02. The van der Waals surface area contributed by atoms with E-state index in [-0.39, 0.29) is 11.3 Å². The molecule has 1 fully saturated rings. The minimum absolute atomic E-state index is 0.172. The molecule has 23 heavy (non-hydrogen) atoms. The highest BCUT2D eigenvalue weighted by Gasteiger charge is 2.37. The van der Waals surface area contributed by atoms with Crippen molar-refractivity contribution in [1.29, 1.82) is 0 Å². The van der Waals surface area contributed by atoms with Crippen molar-refractivity contribution in [2.45, 2.75) is 19.0 Å². The fraction of sp³-hybridized carbons (Fsp3) is 0.312. The van der Waals surface area contributed by atoms with E-state index in [2.05, 4.69) is 35.2 Å². The molecule has 0 radical (unpaired) electrons. The smallest absolute Gasteiger partial charge is 0.396 e. The van der Waals surface area contributed by atoms with Crippen LogP contribution in [0.15, 0.2) is 36.6 Å². The summed E-state index contributed by atoms with van der Waals surface area (Å²) in [4.78, 5) is 0. The van der Waals surface area contributed by atoms with Gasteiger partial charge in [-0.25, -0.2) is 0 Å². The lowest BCUT2D eigenvalue weighted by Gasteiger charge is -2.23. The Kier molecular flexibility index (Phi) is 5.30. The monoisotopic (exact) mass is 341 g/mol. The molecule has 7 heteroatoms. The van der Waals surface area contributed by atoms with E-state index in [4.69, 9.17) is 0 Å². The minimum atomic E-state index is -4.38. The van der Waals surface area contributed by atoms with E-state index in [1.165, 1.54) is 12.8 Å². The average Bonchev–Trinajstić information content (AvgIpc) is 3.28. The van der Waals surface area contributed by atoms with E-state index >= 15 is 0 Å². The van der Waals surface area contributed by atoms with Crippen LogP contribution in [0.4, 0.5) is 24.5 Å². The standard InChI is InChI=1S/C15H15F3N2.CH3NS/c1-9-6-13(15(16,17)18)12-7-11(4-5-14(12)20-9)19-8-10-2-3-10;2-1-3/h4-7,10,19-20H,1-3,8H2;1H,(H2,2,3). The third-order valence-electron chi connectivity index (χ3n) is 3.52. The summed E-state index contributed by atoms with van der Waals surface area (Å²) in [5.74, 6) is 0.668. The van der Waals surface area contributed by atoms with Gasteiger partial charge in [0.1, 0.15) is 0 Å². The Morgan fingerprint density at radius 1 is 1.39 bits per heavy atom. The Labute approximate surface area is 138 Å². The van der Waals surface area contributed by atoms with Gasteiger partial charge in [-0.1, -0.05) is 18.8 Å². The molecule has 0 spiro atoms. The van der Waals surface area contributed by atoms with Gasteiger partial charge in [0.2, 0.25) is 0 Å². The molecule has 0 unspecified atom stereocenters. The molecule has 3 nitrogen and oxygen atoms in total. The third kappa shape index (κ3) is 4.72. The molecular formula is C16H18F3N3S. The molecule has 0 saturated heterocycles. The van der Waals surface area contributed by atoms with Crippen molar-refractivity contribution in [3.8, 4) is 0 Å². The van der Waals surface area contributed by atoms with Crippen LogP contribution in [0.25, 0.3) is 5.57 Å². The number of nitrogens with one attached hydrogen (secondary N) is 2. The number of thiocarbonyl (C=S) groups is 1. The van der Waals surface area contributed by atoms with Crippen LogP contribution >= 0.6 is 12.2 Å². The van der Waals surface area contributed by atoms with Crippen LogP contribution in [0.5, 0.6) is 0 Å². The van der Waals surface area contributed by atoms with E-state index in [1.54, 1.807) is 18.2 Å². The number of nitrogens with two attached hydrogens (primary N) is 1. The SMILES string of the molecule is C=C1C=C(C(F)(F)F)c2cc(NCC3CC3)ccc2N1.NC=S.